The Kier molecular flexibility index (Phi) is 6.16. The number of fused-ring (bicyclic) bond motifs is 1. The molecule has 1 aromatic heterocycles. The van der Waals surface area contributed by atoms with Crippen molar-refractivity contribution in [3.63, 3.8) is 0 Å². The van der Waals surface area contributed by atoms with E-state index in [4.69, 9.17) is 5.11 Å². The second-order valence-corrected chi connectivity index (χ2v) is 5.80. The van der Waals surface area contributed by atoms with Crippen molar-refractivity contribution in [1.29, 1.82) is 0 Å². The van der Waals surface area contributed by atoms with Gasteiger partial charge in [-0.3, -0.25) is 14.4 Å². The first kappa shape index (κ1) is 18.5. The Hall–Kier alpha value is -2.83. The first-order chi connectivity index (χ1) is 12.0. The molecule has 0 bridgehead atoms. The number of para-hydroxylation sites is 1. The number of aryl methyl sites for hydroxylation is 1. The van der Waals surface area contributed by atoms with E-state index in [0.29, 0.717) is 17.4 Å². The molecule has 0 unspecified atom stereocenters. The number of benzene rings is 1. The number of nitrogens with one attached hydrogen (secondary N) is 1. The summed E-state index contributed by atoms with van der Waals surface area (Å²) in [6.45, 7) is 2.37. The molecule has 0 saturated heterocycles. The van der Waals surface area contributed by atoms with Crippen LogP contribution in [0.1, 0.15) is 43.0 Å². The van der Waals surface area contributed by atoms with E-state index in [9.17, 15) is 19.5 Å². The summed E-state index contributed by atoms with van der Waals surface area (Å²) in [5.74, 6) is -2.07. The van der Waals surface area contributed by atoms with Gasteiger partial charge >= 0.3 is 5.97 Å². The zero-order chi connectivity index (χ0) is 18.4. The van der Waals surface area contributed by atoms with Crippen LogP contribution in [0.15, 0.2) is 29.1 Å². The van der Waals surface area contributed by atoms with E-state index >= 15 is 0 Å². The molecule has 0 aliphatic carbocycles. The second-order valence-electron chi connectivity index (χ2n) is 5.80. The van der Waals surface area contributed by atoms with E-state index in [2.05, 4.69) is 5.32 Å². The van der Waals surface area contributed by atoms with Gasteiger partial charge in [0.2, 0.25) is 0 Å². The van der Waals surface area contributed by atoms with Gasteiger partial charge < -0.3 is 20.1 Å². The minimum absolute atomic E-state index is 0.0783. The van der Waals surface area contributed by atoms with Crippen LogP contribution in [0.25, 0.3) is 10.9 Å². The number of amides is 1. The molecule has 0 atom stereocenters. The fraction of sp³-hybridized carbons (Fsp3) is 0.389. The number of pyridine rings is 1. The number of carbonyl (C=O) groups is 2. The fourth-order valence-corrected chi connectivity index (χ4v) is 2.69. The maximum absolute atomic E-state index is 12.7. The smallest absolute Gasteiger partial charge is 0.305 e. The summed E-state index contributed by atoms with van der Waals surface area (Å²) < 4.78 is 1.23. The summed E-state index contributed by atoms with van der Waals surface area (Å²) in [7, 11) is 0. The van der Waals surface area contributed by atoms with Gasteiger partial charge in [-0.2, -0.15) is 0 Å². The molecule has 2 aromatic rings. The monoisotopic (exact) mass is 346 g/mol. The van der Waals surface area contributed by atoms with Gasteiger partial charge in [0.1, 0.15) is 11.3 Å². The molecule has 0 spiro atoms. The summed E-state index contributed by atoms with van der Waals surface area (Å²) in [6.07, 6.45) is 2.47. The normalized spacial score (nSPS) is 10.8. The lowest BCUT2D eigenvalue weighted by Gasteiger charge is -2.14. The minimum atomic E-state index is -1.05. The van der Waals surface area contributed by atoms with E-state index in [-0.39, 0.29) is 24.3 Å². The number of hydrogen-bond acceptors (Lipinski definition) is 4. The maximum Gasteiger partial charge on any atom is 0.305 e. The van der Waals surface area contributed by atoms with Crippen molar-refractivity contribution in [2.24, 2.45) is 0 Å². The zero-order valence-electron chi connectivity index (χ0n) is 14.1. The number of rotatable bonds is 8. The number of hydrogen-bond donors (Lipinski definition) is 3. The van der Waals surface area contributed by atoms with Crippen LogP contribution in [0, 0.1) is 0 Å². The van der Waals surface area contributed by atoms with Crippen molar-refractivity contribution in [3.05, 3.63) is 40.2 Å². The summed E-state index contributed by atoms with van der Waals surface area (Å²) >= 11 is 0. The molecule has 0 aliphatic heterocycles. The number of aliphatic carboxylic acids is 1. The molecule has 2 rings (SSSR count). The number of nitrogens with zero attached hydrogens (tertiary/aromatic N) is 1. The number of aromatic hydroxyl groups is 1. The van der Waals surface area contributed by atoms with Crippen molar-refractivity contribution in [3.8, 4) is 5.75 Å². The molecule has 3 N–H and O–H groups in total. The van der Waals surface area contributed by atoms with Crippen LogP contribution in [0.3, 0.4) is 0 Å². The lowest BCUT2D eigenvalue weighted by Crippen LogP contribution is -2.34. The second kappa shape index (κ2) is 8.32. The Morgan fingerprint density at radius 3 is 2.60 bits per heavy atom. The lowest BCUT2D eigenvalue weighted by atomic mass is 10.1. The van der Waals surface area contributed by atoms with E-state index in [1.165, 1.54) is 4.57 Å². The van der Waals surface area contributed by atoms with Gasteiger partial charge in [-0.25, -0.2) is 0 Å². The Labute approximate surface area is 144 Å². The van der Waals surface area contributed by atoms with Crippen LogP contribution >= 0.6 is 0 Å². The Morgan fingerprint density at radius 1 is 1.20 bits per heavy atom. The number of carboxylic acids is 1. The standard InChI is InChI=1S/C18H22N2O5/c1-2-3-6-10-19-17(24)15-16(23)12-7-4-5-8-13(12)20(18(15)25)11-9-14(21)22/h4-5,7-8,23H,2-3,6,9-11H2,1H3,(H,19,24)(H,21,22). The van der Waals surface area contributed by atoms with Crippen molar-refractivity contribution in [1.82, 2.24) is 9.88 Å². The molecular weight excluding hydrogens is 324 g/mol. The summed E-state index contributed by atoms with van der Waals surface area (Å²) in [5, 5.41) is 22.3. The summed E-state index contributed by atoms with van der Waals surface area (Å²) in [6, 6.07) is 6.57. The molecule has 134 valence electrons. The van der Waals surface area contributed by atoms with E-state index < -0.39 is 17.4 Å². The first-order valence-electron chi connectivity index (χ1n) is 8.31. The van der Waals surface area contributed by atoms with Gasteiger partial charge in [0.05, 0.1) is 11.9 Å². The third kappa shape index (κ3) is 4.17. The molecule has 0 saturated carbocycles. The highest BCUT2D eigenvalue weighted by molar-refractivity contribution is 6.02. The van der Waals surface area contributed by atoms with Gasteiger partial charge in [-0.1, -0.05) is 31.9 Å². The molecule has 7 heteroatoms. The Bertz CT molecular complexity index is 841. The SMILES string of the molecule is CCCCCNC(=O)c1c(O)c2ccccc2n(CCC(=O)O)c1=O. The predicted molar refractivity (Wildman–Crippen MR) is 94.0 cm³/mol. The largest absolute Gasteiger partial charge is 0.506 e. The molecule has 1 amide bonds. The van der Waals surface area contributed by atoms with Crippen molar-refractivity contribution in [2.45, 2.75) is 39.2 Å². The van der Waals surface area contributed by atoms with Crippen LogP contribution < -0.4 is 10.9 Å². The van der Waals surface area contributed by atoms with E-state index in [1.54, 1.807) is 24.3 Å². The van der Waals surface area contributed by atoms with Gasteiger partial charge in [0, 0.05) is 18.5 Å². The number of carbonyl (C=O) groups excluding carboxylic acids is 1. The van der Waals surface area contributed by atoms with E-state index in [1.807, 2.05) is 6.92 Å². The van der Waals surface area contributed by atoms with Gasteiger partial charge in [0.25, 0.3) is 11.5 Å². The molecule has 0 aliphatic rings. The predicted octanol–water partition coefficient (Wildman–Crippen LogP) is 2.10. The average Bonchev–Trinajstić information content (AvgIpc) is 2.58. The van der Waals surface area contributed by atoms with Crippen LogP contribution in [-0.4, -0.2) is 33.2 Å². The first-order valence-corrected chi connectivity index (χ1v) is 8.31. The maximum atomic E-state index is 12.7. The average molecular weight is 346 g/mol. The molecule has 0 fully saturated rings. The van der Waals surface area contributed by atoms with Crippen LogP contribution in [0.2, 0.25) is 0 Å². The third-order valence-corrected chi connectivity index (χ3v) is 3.99. The fourth-order valence-electron chi connectivity index (χ4n) is 2.69. The molecule has 25 heavy (non-hydrogen) atoms. The topological polar surface area (TPSA) is 109 Å². The molecular formula is C18H22N2O5. The summed E-state index contributed by atoms with van der Waals surface area (Å²) in [5.41, 5.74) is -0.639. The summed E-state index contributed by atoms with van der Waals surface area (Å²) in [4.78, 5) is 35.9. The molecule has 0 radical (unpaired) electrons. The Morgan fingerprint density at radius 2 is 1.92 bits per heavy atom. The highest BCUT2D eigenvalue weighted by atomic mass is 16.4. The molecule has 7 nitrogen and oxygen atoms in total. The zero-order valence-corrected chi connectivity index (χ0v) is 14.1. The molecule has 1 heterocycles. The quantitative estimate of drug-likeness (QED) is 0.634. The minimum Gasteiger partial charge on any atom is -0.506 e. The van der Waals surface area contributed by atoms with Gasteiger partial charge in [-0.15, -0.1) is 0 Å². The number of aromatic nitrogens is 1. The van der Waals surface area contributed by atoms with Crippen molar-refractivity contribution < 1.29 is 19.8 Å². The van der Waals surface area contributed by atoms with E-state index in [0.717, 1.165) is 19.3 Å². The lowest BCUT2D eigenvalue weighted by molar-refractivity contribution is -0.137. The van der Waals surface area contributed by atoms with Gasteiger partial charge in [0.15, 0.2) is 0 Å². The third-order valence-electron chi connectivity index (χ3n) is 3.99. The number of carboxylic acid groups (broad SMARTS) is 1. The van der Waals surface area contributed by atoms with Crippen molar-refractivity contribution in [2.75, 3.05) is 6.54 Å². The van der Waals surface area contributed by atoms with Crippen LogP contribution in [0.4, 0.5) is 0 Å². The van der Waals surface area contributed by atoms with Crippen LogP contribution in [0.5, 0.6) is 5.75 Å². The highest BCUT2D eigenvalue weighted by Crippen LogP contribution is 2.26. The van der Waals surface area contributed by atoms with Gasteiger partial charge in [-0.05, 0) is 18.6 Å². The van der Waals surface area contributed by atoms with Crippen LogP contribution in [-0.2, 0) is 11.3 Å². The molecule has 1 aromatic carbocycles. The highest BCUT2D eigenvalue weighted by Gasteiger charge is 2.22. The number of unbranched alkanes of at least 4 members (excludes halogenated alkanes) is 2. The van der Waals surface area contributed by atoms with Crippen molar-refractivity contribution >= 4 is 22.8 Å². The Balaban J connectivity index is 2.47.